The van der Waals surface area contributed by atoms with E-state index < -0.39 is 0 Å². The third-order valence-electron chi connectivity index (χ3n) is 1.44. The molecular formula is C8H5Br2N3. The third-order valence-corrected chi connectivity index (χ3v) is 2.47. The Morgan fingerprint density at radius 1 is 1.46 bits per heavy atom. The Balaban J connectivity index is 2.69. The van der Waals surface area contributed by atoms with Gasteiger partial charge in [-0.1, -0.05) is 0 Å². The molecule has 0 aromatic carbocycles. The zero-order valence-electron chi connectivity index (χ0n) is 8.33. The van der Waals surface area contributed by atoms with Crippen LogP contribution in [0, 0.1) is 0 Å². The van der Waals surface area contributed by atoms with Crippen LogP contribution in [-0.2, 0) is 0 Å². The molecule has 0 N–H and O–H groups in total. The van der Waals surface area contributed by atoms with Crippen molar-refractivity contribution in [2.45, 2.75) is 0 Å². The van der Waals surface area contributed by atoms with Crippen molar-refractivity contribution >= 4 is 31.9 Å². The van der Waals surface area contributed by atoms with Crippen LogP contribution in [0.1, 0.15) is 2.74 Å². The molecule has 0 fully saturated rings. The van der Waals surface area contributed by atoms with Gasteiger partial charge in [0.05, 0.1) is 13.3 Å². The standard InChI is InChI=1S/C8H5Br2N3/c9-6-1-2-11-3-7(6)13-4-8(10)12-5-13/h1-5H/i4D,5D. The van der Waals surface area contributed by atoms with Gasteiger partial charge in [-0.05, 0) is 37.9 Å². The molecule has 0 unspecified atom stereocenters. The molecule has 2 aromatic rings. The van der Waals surface area contributed by atoms with E-state index in [1.54, 1.807) is 18.5 Å². The molecule has 2 heterocycles. The number of pyridine rings is 1. The van der Waals surface area contributed by atoms with E-state index in [9.17, 15) is 0 Å². The summed E-state index contributed by atoms with van der Waals surface area (Å²) in [5, 5.41) is 0. The van der Waals surface area contributed by atoms with Gasteiger partial charge in [0.25, 0.3) is 0 Å². The van der Waals surface area contributed by atoms with Gasteiger partial charge < -0.3 is 4.57 Å². The van der Waals surface area contributed by atoms with Gasteiger partial charge in [0.2, 0.25) is 0 Å². The number of halogens is 2. The third kappa shape index (κ3) is 1.81. The van der Waals surface area contributed by atoms with Crippen LogP contribution in [0.5, 0.6) is 0 Å². The lowest BCUT2D eigenvalue weighted by atomic mass is 10.4. The van der Waals surface area contributed by atoms with Gasteiger partial charge in [-0.2, -0.15) is 0 Å². The van der Waals surface area contributed by atoms with E-state index >= 15 is 0 Å². The normalized spacial score (nSPS) is 12.5. The van der Waals surface area contributed by atoms with Crippen molar-refractivity contribution in [2.24, 2.45) is 0 Å². The Morgan fingerprint density at radius 2 is 2.31 bits per heavy atom. The predicted octanol–water partition coefficient (Wildman–Crippen LogP) is 2.79. The average molecular weight is 305 g/mol. The van der Waals surface area contributed by atoms with Gasteiger partial charge in [0, 0.05) is 16.8 Å². The lowest BCUT2D eigenvalue weighted by Gasteiger charge is -2.02. The quantitative estimate of drug-likeness (QED) is 0.811. The monoisotopic (exact) mass is 303 g/mol. The summed E-state index contributed by atoms with van der Waals surface area (Å²) < 4.78 is 17.9. The van der Waals surface area contributed by atoms with Crippen LogP contribution >= 0.6 is 31.9 Å². The van der Waals surface area contributed by atoms with E-state index in [0.717, 1.165) is 4.47 Å². The molecule has 0 saturated carbocycles. The predicted molar refractivity (Wildman–Crippen MR) is 56.8 cm³/mol. The fourth-order valence-electron chi connectivity index (χ4n) is 0.884. The largest absolute Gasteiger partial charge is 0.302 e. The van der Waals surface area contributed by atoms with Gasteiger partial charge >= 0.3 is 0 Å². The lowest BCUT2D eigenvalue weighted by molar-refractivity contribution is 1.03. The summed E-state index contributed by atoms with van der Waals surface area (Å²) in [7, 11) is 0. The van der Waals surface area contributed by atoms with Crippen LogP contribution in [0.4, 0.5) is 0 Å². The Kier molecular flexibility index (Phi) is 1.86. The zero-order valence-corrected chi connectivity index (χ0v) is 9.50. The molecule has 0 radical (unpaired) electrons. The van der Waals surface area contributed by atoms with Crippen molar-refractivity contribution < 1.29 is 2.74 Å². The number of nitrogens with zero attached hydrogens (tertiary/aromatic N) is 3. The summed E-state index contributed by atoms with van der Waals surface area (Å²) in [6.07, 6.45) is 3.34. The lowest BCUT2D eigenvalue weighted by Crippen LogP contribution is -1.91. The van der Waals surface area contributed by atoms with Crippen LogP contribution in [-0.4, -0.2) is 14.5 Å². The molecule has 0 spiro atoms. The molecule has 0 atom stereocenters. The molecule has 66 valence electrons. The van der Waals surface area contributed by atoms with Crippen LogP contribution < -0.4 is 0 Å². The van der Waals surface area contributed by atoms with Crippen LogP contribution in [0.25, 0.3) is 5.69 Å². The molecule has 3 nitrogen and oxygen atoms in total. The maximum atomic E-state index is 7.74. The summed E-state index contributed by atoms with van der Waals surface area (Å²) in [6.45, 7) is 0. The molecule has 0 saturated heterocycles. The summed E-state index contributed by atoms with van der Waals surface area (Å²) >= 11 is 6.45. The molecule has 13 heavy (non-hydrogen) atoms. The maximum absolute atomic E-state index is 7.74. The summed E-state index contributed by atoms with van der Waals surface area (Å²) in [5.74, 6) is 0. The molecule has 2 rings (SSSR count). The van der Waals surface area contributed by atoms with Crippen molar-refractivity contribution in [3.8, 4) is 5.69 Å². The average Bonchev–Trinajstić information content (AvgIpc) is 2.43. The van der Waals surface area contributed by atoms with E-state index in [-0.39, 0.29) is 12.5 Å². The van der Waals surface area contributed by atoms with E-state index in [2.05, 4.69) is 41.8 Å². The van der Waals surface area contributed by atoms with Crippen molar-refractivity contribution in [1.29, 1.82) is 0 Å². The highest BCUT2D eigenvalue weighted by Gasteiger charge is 2.01. The van der Waals surface area contributed by atoms with Gasteiger partial charge in [0.15, 0.2) is 0 Å². The maximum Gasteiger partial charge on any atom is 0.124 e. The second-order valence-corrected chi connectivity index (χ2v) is 3.88. The van der Waals surface area contributed by atoms with Crippen LogP contribution in [0.3, 0.4) is 0 Å². The molecule has 2 aromatic heterocycles. The Hall–Kier alpha value is -0.680. The molecule has 0 bridgehead atoms. The van der Waals surface area contributed by atoms with Gasteiger partial charge in [0.1, 0.15) is 12.3 Å². The first-order valence-corrected chi connectivity index (χ1v) is 5.01. The molecule has 5 heteroatoms. The van der Waals surface area contributed by atoms with Crippen molar-refractivity contribution in [3.05, 3.63) is 40.0 Å². The minimum atomic E-state index is 0.000532. The SMILES string of the molecule is [2H]c1nc(Br)c([2H])n1-c1cnccc1Br. The molecule has 0 aliphatic rings. The van der Waals surface area contributed by atoms with Gasteiger partial charge in [-0.15, -0.1) is 0 Å². The van der Waals surface area contributed by atoms with Crippen LogP contribution in [0.2, 0.25) is 0 Å². The highest BCUT2D eigenvalue weighted by Crippen LogP contribution is 2.20. The van der Waals surface area contributed by atoms with Gasteiger partial charge in [-0.25, -0.2) is 4.98 Å². The number of aromatic nitrogens is 3. The fourth-order valence-corrected chi connectivity index (χ4v) is 1.54. The highest BCUT2D eigenvalue weighted by molar-refractivity contribution is 9.10. The molecular weight excluding hydrogens is 298 g/mol. The summed E-state index contributed by atoms with van der Waals surface area (Å²) in [5.41, 5.74) is 0.630. The Morgan fingerprint density at radius 3 is 2.92 bits per heavy atom. The Labute approximate surface area is 94.9 Å². The fraction of sp³-hybridized carbons (Fsp3) is 0. The second-order valence-electron chi connectivity index (χ2n) is 2.28. The van der Waals surface area contributed by atoms with E-state index in [0.29, 0.717) is 10.3 Å². The second kappa shape index (κ2) is 3.59. The van der Waals surface area contributed by atoms with E-state index in [4.69, 9.17) is 2.74 Å². The first-order valence-electron chi connectivity index (χ1n) is 4.42. The Bertz CT molecular complexity index is 513. The van der Waals surface area contributed by atoms with Crippen LogP contribution in [0.15, 0.2) is 40.0 Å². The molecule has 0 amide bonds. The molecule has 0 aliphatic heterocycles. The zero-order chi connectivity index (χ0) is 11.0. The number of imidazole rings is 1. The highest BCUT2D eigenvalue weighted by atomic mass is 79.9. The number of rotatable bonds is 1. The minimum absolute atomic E-state index is 0.000532. The smallest absolute Gasteiger partial charge is 0.124 e. The number of hydrogen-bond donors (Lipinski definition) is 0. The summed E-state index contributed by atoms with van der Waals surface area (Å²) in [4.78, 5) is 7.79. The van der Waals surface area contributed by atoms with Crippen molar-refractivity contribution in [1.82, 2.24) is 14.5 Å². The van der Waals surface area contributed by atoms with Crippen molar-refractivity contribution in [3.63, 3.8) is 0 Å². The minimum Gasteiger partial charge on any atom is -0.302 e. The summed E-state index contributed by atoms with van der Waals surface area (Å²) in [6, 6.07) is 1.75. The van der Waals surface area contributed by atoms with Crippen molar-refractivity contribution in [2.75, 3.05) is 0 Å². The van der Waals surface area contributed by atoms with E-state index in [1.807, 2.05) is 0 Å². The first kappa shape index (κ1) is 6.73. The first-order chi connectivity index (χ1) is 7.11. The number of hydrogen-bond acceptors (Lipinski definition) is 2. The topological polar surface area (TPSA) is 30.7 Å². The molecule has 0 aliphatic carbocycles. The van der Waals surface area contributed by atoms with Gasteiger partial charge in [-0.3, -0.25) is 4.98 Å². The van der Waals surface area contributed by atoms with E-state index in [1.165, 1.54) is 4.57 Å².